The Morgan fingerprint density at radius 2 is 2.56 bits per heavy atom. The molecule has 0 aliphatic carbocycles. The van der Waals surface area contributed by atoms with Gasteiger partial charge in [-0.3, -0.25) is 4.79 Å². The van der Waals surface area contributed by atoms with Gasteiger partial charge in [0.1, 0.15) is 0 Å². The van der Waals surface area contributed by atoms with Crippen LogP contribution in [0.2, 0.25) is 0 Å². The van der Waals surface area contributed by atoms with Crippen molar-refractivity contribution in [1.29, 1.82) is 0 Å². The summed E-state index contributed by atoms with van der Waals surface area (Å²) < 4.78 is 0. The molecule has 1 unspecified atom stereocenters. The smallest absolute Gasteiger partial charge is 0.221 e. The molecule has 4 nitrogen and oxygen atoms in total. The fourth-order valence-electron chi connectivity index (χ4n) is 1.88. The second-order valence-electron chi connectivity index (χ2n) is 4.12. The SMILES string of the molecule is Cc1ncc(CNC2CCCNC(=O)C2)s1. The van der Waals surface area contributed by atoms with Crippen molar-refractivity contribution in [1.82, 2.24) is 15.6 Å². The Labute approximate surface area is 99.5 Å². The molecular formula is C11H17N3OS. The van der Waals surface area contributed by atoms with Crippen LogP contribution in [0.25, 0.3) is 0 Å². The second-order valence-corrected chi connectivity index (χ2v) is 5.44. The first-order valence-electron chi connectivity index (χ1n) is 5.65. The van der Waals surface area contributed by atoms with E-state index in [4.69, 9.17) is 0 Å². The summed E-state index contributed by atoms with van der Waals surface area (Å²) in [5, 5.41) is 7.41. The number of nitrogens with one attached hydrogen (secondary N) is 2. The van der Waals surface area contributed by atoms with E-state index in [0.29, 0.717) is 12.5 Å². The molecule has 1 aliphatic heterocycles. The van der Waals surface area contributed by atoms with E-state index in [2.05, 4.69) is 15.6 Å². The third kappa shape index (κ3) is 3.28. The standard InChI is InChI=1S/C11H17N3OS/c1-8-13-6-10(16-8)7-14-9-3-2-4-12-11(15)5-9/h6,9,14H,2-5,7H2,1H3,(H,12,15). The lowest BCUT2D eigenvalue weighted by atomic mass is 10.1. The molecule has 5 heteroatoms. The number of thiazole rings is 1. The maximum absolute atomic E-state index is 11.3. The molecule has 16 heavy (non-hydrogen) atoms. The molecule has 2 heterocycles. The molecular weight excluding hydrogens is 222 g/mol. The highest BCUT2D eigenvalue weighted by molar-refractivity contribution is 7.11. The molecule has 88 valence electrons. The van der Waals surface area contributed by atoms with E-state index in [1.807, 2.05) is 13.1 Å². The van der Waals surface area contributed by atoms with Gasteiger partial charge in [-0.2, -0.15) is 0 Å². The van der Waals surface area contributed by atoms with E-state index in [1.165, 1.54) is 4.88 Å². The summed E-state index contributed by atoms with van der Waals surface area (Å²) in [5.41, 5.74) is 0. The number of carbonyl (C=O) groups is 1. The highest BCUT2D eigenvalue weighted by Crippen LogP contribution is 2.13. The van der Waals surface area contributed by atoms with Crippen LogP contribution >= 0.6 is 11.3 Å². The largest absolute Gasteiger partial charge is 0.356 e. The minimum atomic E-state index is 0.162. The zero-order valence-corrected chi connectivity index (χ0v) is 10.3. The van der Waals surface area contributed by atoms with E-state index in [-0.39, 0.29) is 5.91 Å². The third-order valence-electron chi connectivity index (χ3n) is 2.72. The fourth-order valence-corrected chi connectivity index (χ4v) is 2.63. The predicted molar refractivity (Wildman–Crippen MR) is 64.3 cm³/mol. The first kappa shape index (κ1) is 11.5. The van der Waals surface area contributed by atoms with E-state index < -0.39 is 0 Å². The third-order valence-corrected chi connectivity index (χ3v) is 3.63. The van der Waals surface area contributed by atoms with Gasteiger partial charge in [0.2, 0.25) is 5.91 Å². The Morgan fingerprint density at radius 1 is 1.69 bits per heavy atom. The number of amides is 1. The zero-order valence-electron chi connectivity index (χ0n) is 9.45. The maximum atomic E-state index is 11.3. The number of hydrogen-bond acceptors (Lipinski definition) is 4. The molecule has 1 aliphatic rings. The van der Waals surface area contributed by atoms with Gasteiger partial charge in [-0.1, -0.05) is 0 Å². The molecule has 2 rings (SSSR count). The van der Waals surface area contributed by atoms with Crippen molar-refractivity contribution in [2.45, 2.75) is 38.8 Å². The highest BCUT2D eigenvalue weighted by Gasteiger charge is 2.16. The Balaban J connectivity index is 1.82. The summed E-state index contributed by atoms with van der Waals surface area (Å²) in [5.74, 6) is 0.162. The molecule has 0 spiro atoms. The zero-order chi connectivity index (χ0) is 11.4. The van der Waals surface area contributed by atoms with E-state index >= 15 is 0 Å². The average molecular weight is 239 g/mol. The predicted octanol–water partition coefficient (Wildman–Crippen LogP) is 1.21. The normalized spacial score (nSPS) is 21.6. The van der Waals surface area contributed by atoms with Crippen molar-refractivity contribution in [3.8, 4) is 0 Å². The summed E-state index contributed by atoms with van der Waals surface area (Å²) in [6, 6.07) is 0.310. The summed E-state index contributed by atoms with van der Waals surface area (Å²) in [6.45, 7) is 3.65. The highest BCUT2D eigenvalue weighted by atomic mass is 32.1. The summed E-state index contributed by atoms with van der Waals surface area (Å²) in [6.07, 6.45) is 4.63. The average Bonchev–Trinajstić information content (AvgIpc) is 2.55. The number of carbonyl (C=O) groups excluding carboxylic acids is 1. The molecule has 1 saturated heterocycles. The topological polar surface area (TPSA) is 54.0 Å². The van der Waals surface area contributed by atoms with Crippen LogP contribution in [0.1, 0.15) is 29.1 Å². The summed E-state index contributed by atoms with van der Waals surface area (Å²) >= 11 is 1.71. The first-order chi connectivity index (χ1) is 7.74. The Kier molecular flexibility index (Phi) is 3.90. The second kappa shape index (κ2) is 5.41. The van der Waals surface area contributed by atoms with Crippen LogP contribution in [-0.2, 0) is 11.3 Å². The van der Waals surface area contributed by atoms with Crippen LogP contribution in [-0.4, -0.2) is 23.5 Å². The molecule has 1 aromatic heterocycles. The van der Waals surface area contributed by atoms with Crippen LogP contribution in [0, 0.1) is 6.92 Å². The van der Waals surface area contributed by atoms with Gasteiger partial charge < -0.3 is 10.6 Å². The first-order valence-corrected chi connectivity index (χ1v) is 6.47. The lowest BCUT2D eigenvalue weighted by Gasteiger charge is -2.13. The maximum Gasteiger partial charge on any atom is 0.221 e. The van der Waals surface area contributed by atoms with Crippen LogP contribution in [0.3, 0.4) is 0 Å². The van der Waals surface area contributed by atoms with Gasteiger partial charge in [-0.25, -0.2) is 4.98 Å². The van der Waals surface area contributed by atoms with E-state index in [9.17, 15) is 4.79 Å². The molecule has 0 bridgehead atoms. The molecule has 1 amide bonds. The van der Waals surface area contributed by atoms with Gasteiger partial charge in [-0.05, 0) is 19.8 Å². The molecule has 0 radical (unpaired) electrons. The van der Waals surface area contributed by atoms with E-state index in [0.717, 1.165) is 30.9 Å². The molecule has 1 atom stereocenters. The van der Waals surface area contributed by atoms with Gasteiger partial charge in [0, 0.05) is 36.6 Å². The quantitative estimate of drug-likeness (QED) is 0.833. The Hall–Kier alpha value is -0.940. The van der Waals surface area contributed by atoms with Crippen LogP contribution in [0.5, 0.6) is 0 Å². The van der Waals surface area contributed by atoms with Crippen molar-refractivity contribution in [2.75, 3.05) is 6.54 Å². The number of aromatic nitrogens is 1. The molecule has 0 aromatic carbocycles. The van der Waals surface area contributed by atoms with Crippen molar-refractivity contribution in [3.63, 3.8) is 0 Å². The molecule has 2 N–H and O–H groups in total. The molecule has 1 aromatic rings. The van der Waals surface area contributed by atoms with Crippen molar-refractivity contribution < 1.29 is 4.79 Å². The minimum absolute atomic E-state index is 0.162. The minimum Gasteiger partial charge on any atom is -0.356 e. The van der Waals surface area contributed by atoms with Crippen molar-refractivity contribution in [2.24, 2.45) is 0 Å². The van der Waals surface area contributed by atoms with Gasteiger partial charge in [-0.15, -0.1) is 11.3 Å². The number of aryl methyl sites for hydroxylation is 1. The lowest BCUT2D eigenvalue weighted by molar-refractivity contribution is -0.121. The molecule has 1 fully saturated rings. The summed E-state index contributed by atoms with van der Waals surface area (Å²) in [7, 11) is 0. The van der Waals surface area contributed by atoms with Gasteiger partial charge in [0.05, 0.1) is 5.01 Å². The van der Waals surface area contributed by atoms with Crippen LogP contribution in [0.15, 0.2) is 6.20 Å². The van der Waals surface area contributed by atoms with E-state index in [1.54, 1.807) is 11.3 Å². The number of hydrogen-bond donors (Lipinski definition) is 2. The van der Waals surface area contributed by atoms with Crippen LogP contribution in [0.4, 0.5) is 0 Å². The van der Waals surface area contributed by atoms with Gasteiger partial charge >= 0.3 is 0 Å². The van der Waals surface area contributed by atoms with Crippen molar-refractivity contribution >= 4 is 17.2 Å². The van der Waals surface area contributed by atoms with Gasteiger partial charge in [0.25, 0.3) is 0 Å². The Bertz CT molecular complexity index is 364. The summed E-state index contributed by atoms with van der Waals surface area (Å²) in [4.78, 5) is 16.8. The molecule has 0 saturated carbocycles. The number of rotatable bonds is 3. The lowest BCUT2D eigenvalue weighted by Crippen LogP contribution is -2.31. The number of nitrogens with zero attached hydrogens (tertiary/aromatic N) is 1. The Morgan fingerprint density at radius 3 is 3.31 bits per heavy atom. The van der Waals surface area contributed by atoms with Crippen molar-refractivity contribution in [3.05, 3.63) is 16.1 Å². The monoisotopic (exact) mass is 239 g/mol. The fraction of sp³-hybridized carbons (Fsp3) is 0.636. The van der Waals surface area contributed by atoms with Crippen LogP contribution < -0.4 is 10.6 Å². The van der Waals surface area contributed by atoms with Gasteiger partial charge in [0.15, 0.2) is 0 Å².